The van der Waals surface area contributed by atoms with Crippen LogP contribution in [0.1, 0.15) is 75.2 Å². The van der Waals surface area contributed by atoms with Crippen LogP contribution in [0.3, 0.4) is 0 Å². The molecule has 2 rings (SSSR count). The molecule has 0 aliphatic heterocycles. The predicted molar refractivity (Wildman–Crippen MR) is 134 cm³/mol. The summed E-state index contributed by atoms with van der Waals surface area (Å²) in [4.78, 5) is 23.7. The number of aromatic hydroxyl groups is 1. The number of esters is 2. The zero-order chi connectivity index (χ0) is 26.2. The van der Waals surface area contributed by atoms with E-state index in [-0.39, 0.29) is 23.3 Å². The molecule has 2 aromatic carbocycles. The normalized spacial score (nSPS) is 11.7. The summed E-state index contributed by atoms with van der Waals surface area (Å²) in [5, 5.41) is 9.19. The average molecular weight is 473 g/mol. The fraction of sp³-hybridized carbons (Fsp3) is 0.500. The standard InChI is InChI=1S/C16H24O3.C12H16O3/c1-7-16(5,6)14(17)18-12-9-8-10-13(11-12)19-15(2,3)4;1-4-12(2,3)11(14)15-10-7-5-6-9(13)8-10/h8-11H,7H2,1-6H3;5-8,13H,4H2,1-3H3. The summed E-state index contributed by atoms with van der Waals surface area (Å²) < 4.78 is 16.3. The molecule has 0 amide bonds. The molecule has 0 spiro atoms. The lowest BCUT2D eigenvalue weighted by molar-refractivity contribution is -0.144. The highest BCUT2D eigenvalue weighted by atomic mass is 16.5. The van der Waals surface area contributed by atoms with Gasteiger partial charge in [0.25, 0.3) is 0 Å². The number of phenols is 1. The van der Waals surface area contributed by atoms with Gasteiger partial charge in [-0.15, -0.1) is 0 Å². The molecule has 0 heterocycles. The Morgan fingerprint density at radius 1 is 0.706 bits per heavy atom. The molecular weight excluding hydrogens is 432 g/mol. The largest absolute Gasteiger partial charge is 0.508 e. The van der Waals surface area contributed by atoms with Gasteiger partial charge in [0.2, 0.25) is 0 Å². The van der Waals surface area contributed by atoms with Crippen LogP contribution >= 0.6 is 0 Å². The Morgan fingerprint density at radius 2 is 1.12 bits per heavy atom. The van der Waals surface area contributed by atoms with Crippen LogP contribution in [0.5, 0.6) is 23.0 Å². The Hall–Kier alpha value is -3.02. The van der Waals surface area contributed by atoms with Crippen LogP contribution in [0.4, 0.5) is 0 Å². The van der Waals surface area contributed by atoms with E-state index in [0.717, 1.165) is 6.42 Å². The molecule has 1 N–H and O–H groups in total. The van der Waals surface area contributed by atoms with Gasteiger partial charge in [0, 0.05) is 12.1 Å². The van der Waals surface area contributed by atoms with Gasteiger partial charge in [-0.1, -0.05) is 26.0 Å². The van der Waals surface area contributed by atoms with Gasteiger partial charge < -0.3 is 19.3 Å². The van der Waals surface area contributed by atoms with Gasteiger partial charge >= 0.3 is 11.9 Å². The van der Waals surface area contributed by atoms with Crippen molar-refractivity contribution in [1.82, 2.24) is 0 Å². The van der Waals surface area contributed by atoms with Crippen molar-refractivity contribution in [3.63, 3.8) is 0 Å². The van der Waals surface area contributed by atoms with Crippen molar-refractivity contribution in [3.8, 4) is 23.0 Å². The van der Waals surface area contributed by atoms with Crippen molar-refractivity contribution < 1.29 is 28.9 Å². The number of carbonyl (C=O) groups is 2. The van der Waals surface area contributed by atoms with E-state index in [1.165, 1.54) is 12.1 Å². The van der Waals surface area contributed by atoms with Crippen LogP contribution in [0.2, 0.25) is 0 Å². The summed E-state index contributed by atoms with van der Waals surface area (Å²) in [5.74, 6) is 1.19. The zero-order valence-electron chi connectivity index (χ0n) is 22.0. The summed E-state index contributed by atoms with van der Waals surface area (Å²) in [6, 6.07) is 13.4. The fourth-order valence-electron chi connectivity index (χ4n) is 2.28. The second kappa shape index (κ2) is 11.9. The number of carbonyl (C=O) groups excluding carboxylic acids is 2. The summed E-state index contributed by atoms with van der Waals surface area (Å²) in [6.45, 7) is 17.3. The van der Waals surface area contributed by atoms with Gasteiger partial charge in [0.15, 0.2) is 0 Å². The summed E-state index contributed by atoms with van der Waals surface area (Å²) >= 11 is 0. The van der Waals surface area contributed by atoms with Gasteiger partial charge in [-0.25, -0.2) is 0 Å². The first-order valence-electron chi connectivity index (χ1n) is 11.6. The molecule has 0 aliphatic rings. The van der Waals surface area contributed by atoms with Gasteiger partial charge in [0.05, 0.1) is 10.8 Å². The molecule has 0 saturated heterocycles. The first-order valence-corrected chi connectivity index (χ1v) is 11.6. The van der Waals surface area contributed by atoms with Crippen molar-refractivity contribution in [1.29, 1.82) is 0 Å². The van der Waals surface area contributed by atoms with Gasteiger partial charge in [-0.3, -0.25) is 9.59 Å². The number of ether oxygens (including phenoxy) is 3. The molecule has 188 valence electrons. The number of hydrogen-bond acceptors (Lipinski definition) is 6. The van der Waals surface area contributed by atoms with E-state index in [4.69, 9.17) is 14.2 Å². The Bertz CT molecular complexity index is 953. The Morgan fingerprint density at radius 3 is 1.53 bits per heavy atom. The Kier molecular flexibility index (Phi) is 10.2. The summed E-state index contributed by atoms with van der Waals surface area (Å²) in [5.41, 5.74) is -1.24. The van der Waals surface area contributed by atoms with Crippen LogP contribution < -0.4 is 14.2 Å². The third-order valence-corrected chi connectivity index (χ3v) is 5.34. The van der Waals surface area contributed by atoms with Crippen molar-refractivity contribution in [2.75, 3.05) is 0 Å². The maximum absolute atomic E-state index is 12.0. The quantitative estimate of drug-likeness (QED) is 0.347. The molecule has 2 aromatic rings. The molecule has 0 saturated carbocycles. The van der Waals surface area contributed by atoms with E-state index in [1.807, 2.05) is 74.4 Å². The third kappa shape index (κ3) is 9.86. The highest BCUT2D eigenvalue weighted by Crippen LogP contribution is 2.27. The monoisotopic (exact) mass is 472 g/mol. The maximum Gasteiger partial charge on any atom is 0.316 e. The molecule has 34 heavy (non-hydrogen) atoms. The predicted octanol–water partition coefficient (Wildman–Crippen LogP) is 6.94. The van der Waals surface area contributed by atoms with Gasteiger partial charge in [0.1, 0.15) is 28.6 Å². The van der Waals surface area contributed by atoms with Crippen molar-refractivity contribution in [3.05, 3.63) is 48.5 Å². The minimum atomic E-state index is -0.495. The average Bonchev–Trinajstić information content (AvgIpc) is 2.73. The summed E-state index contributed by atoms with van der Waals surface area (Å²) in [7, 11) is 0. The second-order valence-corrected chi connectivity index (χ2v) is 10.4. The molecule has 6 nitrogen and oxygen atoms in total. The molecule has 0 radical (unpaired) electrons. The molecule has 0 bridgehead atoms. The van der Waals surface area contributed by atoms with Crippen molar-refractivity contribution in [2.45, 2.75) is 80.8 Å². The van der Waals surface area contributed by atoms with Crippen molar-refractivity contribution in [2.24, 2.45) is 10.8 Å². The number of hydrogen-bond donors (Lipinski definition) is 1. The molecule has 0 atom stereocenters. The Balaban J connectivity index is 0.000000350. The molecule has 0 aliphatic carbocycles. The number of phenolic OH excluding ortho intramolecular Hbond substituents is 1. The van der Waals surface area contributed by atoms with Crippen molar-refractivity contribution >= 4 is 11.9 Å². The van der Waals surface area contributed by atoms with Crippen LogP contribution in [0.25, 0.3) is 0 Å². The van der Waals surface area contributed by atoms with Gasteiger partial charge in [-0.05, 0) is 85.6 Å². The topological polar surface area (TPSA) is 82.1 Å². The smallest absolute Gasteiger partial charge is 0.316 e. The van der Waals surface area contributed by atoms with E-state index in [2.05, 4.69) is 0 Å². The first-order chi connectivity index (χ1) is 15.6. The van der Waals surface area contributed by atoms with Crippen LogP contribution in [0, 0.1) is 10.8 Å². The highest BCUT2D eigenvalue weighted by Gasteiger charge is 2.28. The third-order valence-electron chi connectivity index (χ3n) is 5.34. The SMILES string of the molecule is CCC(C)(C)C(=O)Oc1cccc(O)c1.CCC(C)(C)C(=O)Oc1cccc(OC(C)(C)C)c1. The van der Waals surface area contributed by atoms with Gasteiger partial charge in [-0.2, -0.15) is 0 Å². The molecular formula is C28H40O6. The highest BCUT2D eigenvalue weighted by molar-refractivity contribution is 5.78. The fourth-order valence-corrected chi connectivity index (χ4v) is 2.28. The maximum atomic E-state index is 12.0. The van der Waals surface area contributed by atoms with E-state index in [9.17, 15) is 14.7 Å². The number of benzene rings is 2. The van der Waals surface area contributed by atoms with E-state index >= 15 is 0 Å². The molecule has 6 heteroatoms. The molecule has 0 fully saturated rings. The van der Waals surface area contributed by atoms with E-state index < -0.39 is 10.8 Å². The summed E-state index contributed by atoms with van der Waals surface area (Å²) in [6.07, 6.45) is 1.45. The minimum absolute atomic E-state index is 0.0922. The van der Waals surface area contributed by atoms with E-state index in [1.54, 1.807) is 24.3 Å². The van der Waals surface area contributed by atoms with Crippen LogP contribution in [-0.4, -0.2) is 22.6 Å². The lowest BCUT2D eigenvalue weighted by atomic mass is 9.91. The zero-order valence-corrected chi connectivity index (χ0v) is 22.0. The lowest BCUT2D eigenvalue weighted by Gasteiger charge is -2.22. The van der Waals surface area contributed by atoms with Crippen LogP contribution in [0.15, 0.2) is 48.5 Å². The van der Waals surface area contributed by atoms with E-state index in [0.29, 0.717) is 23.7 Å². The first kappa shape index (κ1) is 29.0. The lowest BCUT2D eigenvalue weighted by Crippen LogP contribution is -2.28. The molecule has 0 aromatic heterocycles. The van der Waals surface area contributed by atoms with Crippen LogP contribution in [-0.2, 0) is 9.59 Å². The number of rotatable bonds is 7. The second-order valence-electron chi connectivity index (χ2n) is 10.4. The Labute approximate surface area is 204 Å². The minimum Gasteiger partial charge on any atom is -0.508 e. The molecule has 0 unspecified atom stereocenters.